The molecule has 0 amide bonds. The van der Waals surface area contributed by atoms with Crippen LogP contribution < -0.4 is 10.2 Å². The number of nitrogens with zero attached hydrogens (tertiary/aromatic N) is 4. The maximum atomic E-state index is 12.7. The van der Waals surface area contributed by atoms with Gasteiger partial charge in [0.15, 0.2) is 0 Å². The van der Waals surface area contributed by atoms with Crippen molar-refractivity contribution in [2.24, 2.45) is 0 Å². The minimum absolute atomic E-state index is 0.117. The van der Waals surface area contributed by atoms with Crippen molar-refractivity contribution in [3.63, 3.8) is 0 Å². The molecule has 0 unspecified atom stereocenters. The Morgan fingerprint density at radius 2 is 1.88 bits per heavy atom. The third-order valence-electron chi connectivity index (χ3n) is 3.60. The first-order valence-electron chi connectivity index (χ1n) is 7.41. The number of aromatic nitrogens is 3. The number of nitrogens with one attached hydrogen (secondary N) is 1. The Bertz CT molecular complexity index is 716. The third kappa shape index (κ3) is 3.73. The Labute approximate surface area is 136 Å². The van der Waals surface area contributed by atoms with Crippen LogP contribution in [0.3, 0.4) is 0 Å². The van der Waals surface area contributed by atoms with Crippen LogP contribution in [0.25, 0.3) is 0 Å². The zero-order valence-electron chi connectivity index (χ0n) is 13.0. The number of morpholine rings is 1. The van der Waals surface area contributed by atoms with Gasteiger partial charge in [-0.2, -0.15) is 13.2 Å². The van der Waals surface area contributed by atoms with Crippen LogP contribution in [-0.2, 0) is 10.9 Å². The SMILES string of the molecule is Cc1nc(N2CCOCC2)ccc1Nc1nccc(C(F)(F)F)n1. The Morgan fingerprint density at radius 1 is 1.12 bits per heavy atom. The first-order chi connectivity index (χ1) is 11.4. The Kier molecular flexibility index (Phi) is 4.52. The minimum Gasteiger partial charge on any atom is -0.378 e. The third-order valence-corrected chi connectivity index (χ3v) is 3.60. The summed E-state index contributed by atoms with van der Waals surface area (Å²) >= 11 is 0. The summed E-state index contributed by atoms with van der Waals surface area (Å²) in [4.78, 5) is 13.9. The van der Waals surface area contributed by atoms with Crippen LogP contribution in [0.4, 0.5) is 30.6 Å². The first kappa shape index (κ1) is 16.4. The molecule has 0 spiro atoms. The number of pyridine rings is 1. The average molecular weight is 339 g/mol. The maximum Gasteiger partial charge on any atom is 0.433 e. The molecule has 0 aromatic carbocycles. The van der Waals surface area contributed by atoms with E-state index in [2.05, 4.69) is 25.2 Å². The van der Waals surface area contributed by atoms with Gasteiger partial charge in [0.05, 0.1) is 24.6 Å². The Balaban J connectivity index is 1.78. The second-order valence-corrected chi connectivity index (χ2v) is 5.29. The summed E-state index contributed by atoms with van der Waals surface area (Å²) in [5.41, 5.74) is 0.224. The summed E-state index contributed by atoms with van der Waals surface area (Å²) in [6, 6.07) is 4.41. The van der Waals surface area contributed by atoms with Gasteiger partial charge >= 0.3 is 6.18 Å². The lowest BCUT2D eigenvalue weighted by Crippen LogP contribution is -2.36. The number of hydrogen-bond donors (Lipinski definition) is 1. The van der Waals surface area contributed by atoms with E-state index in [0.717, 1.165) is 31.2 Å². The van der Waals surface area contributed by atoms with Crippen LogP contribution in [0.1, 0.15) is 11.4 Å². The van der Waals surface area contributed by atoms with E-state index in [0.29, 0.717) is 24.6 Å². The number of anilines is 3. The summed E-state index contributed by atoms with van der Waals surface area (Å²) in [6.45, 7) is 4.60. The molecule has 0 saturated carbocycles. The van der Waals surface area contributed by atoms with Crippen molar-refractivity contribution in [1.29, 1.82) is 0 Å². The smallest absolute Gasteiger partial charge is 0.378 e. The largest absolute Gasteiger partial charge is 0.433 e. The van der Waals surface area contributed by atoms with Gasteiger partial charge in [-0.25, -0.2) is 15.0 Å². The molecule has 0 bridgehead atoms. The highest BCUT2D eigenvalue weighted by Crippen LogP contribution is 2.28. The fourth-order valence-electron chi connectivity index (χ4n) is 2.35. The van der Waals surface area contributed by atoms with E-state index in [9.17, 15) is 13.2 Å². The minimum atomic E-state index is -4.51. The van der Waals surface area contributed by atoms with E-state index < -0.39 is 11.9 Å². The molecule has 1 aliphatic rings. The highest BCUT2D eigenvalue weighted by Gasteiger charge is 2.32. The lowest BCUT2D eigenvalue weighted by Gasteiger charge is -2.28. The molecule has 1 N–H and O–H groups in total. The molecule has 128 valence electrons. The monoisotopic (exact) mass is 339 g/mol. The molecule has 3 heterocycles. The van der Waals surface area contributed by atoms with Crippen molar-refractivity contribution in [3.8, 4) is 0 Å². The van der Waals surface area contributed by atoms with E-state index >= 15 is 0 Å². The molecule has 6 nitrogen and oxygen atoms in total. The highest BCUT2D eigenvalue weighted by atomic mass is 19.4. The van der Waals surface area contributed by atoms with Crippen LogP contribution in [0.5, 0.6) is 0 Å². The number of alkyl halides is 3. The Hall–Kier alpha value is -2.42. The number of aryl methyl sites for hydroxylation is 1. The van der Waals surface area contributed by atoms with Crippen LogP contribution in [0, 0.1) is 6.92 Å². The van der Waals surface area contributed by atoms with Crippen molar-refractivity contribution in [3.05, 3.63) is 35.8 Å². The van der Waals surface area contributed by atoms with Gasteiger partial charge in [-0.05, 0) is 25.1 Å². The van der Waals surface area contributed by atoms with Crippen molar-refractivity contribution >= 4 is 17.5 Å². The van der Waals surface area contributed by atoms with Crippen LogP contribution in [0.2, 0.25) is 0 Å². The zero-order chi connectivity index (χ0) is 17.2. The van der Waals surface area contributed by atoms with Crippen LogP contribution in [-0.4, -0.2) is 41.3 Å². The van der Waals surface area contributed by atoms with Gasteiger partial charge in [0.2, 0.25) is 5.95 Å². The summed E-state index contributed by atoms with van der Waals surface area (Å²) < 4.78 is 43.4. The quantitative estimate of drug-likeness (QED) is 0.928. The van der Waals surface area contributed by atoms with Gasteiger partial charge in [-0.3, -0.25) is 0 Å². The highest BCUT2D eigenvalue weighted by molar-refractivity contribution is 5.59. The number of hydrogen-bond acceptors (Lipinski definition) is 6. The van der Waals surface area contributed by atoms with Gasteiger partial charge in [-0.1, -0.05) is 0 Å². The van der Waals surface area contributed by atoms with E-state index in [1.165, 1.54) is 0 Å². The molecule has 1 aliphatic heterocycles. The average Bonchev–Trinajstić information content (AvgIpc) is 2.57. The van der Waals surface area contributed by atoms with Crippen molar-refractivity contribution in [2.45, 2.75) is 13.1 Å². The molecule has 1 fully saturated rings. The van der Waals surface area contributed by atoms with Gasteiger partial charge in [-0.15, -0.1) is 0 Å². The lowest BCUT2D eigenvalue weighted by molar-refractivity contribution is -0.141. The molecule has 0 radical (unpaired) electrons. The van der Waals surface area contributed by atoms with Gasteiger partial charge in [0.1, 0.15) is 11.5 Å². The van der Waals surface area contributed by atoms with Crippen molar-refractivity contribution in [1.82, 2.24) is 15.0 Å². The van der Waals surface area contributed by atoms with E-state index in [1.807, 2.05) is 6.07 Å². The summed E-state index contributed by atoms with van der Waals surface area (Å²) in [5.74, 6) is 0.695. The standard InChI is InChI=1S/C15H16F3N5O/c1-10-11(2-3-13(20-10)23-6-8-24-9-7-23)21-14-19-5-4-12(22-14)15(16,17)18/h2-5H,6-9H2,1H3,(H,19,21,22). The predicted octanol–water partition coefficient (Wildman–Crippen LogP) is 2.78. The molecular formula is C15H16F3N5O. The maximum absolute atomic E-state index is 12.7. The zero-order valence-corrected chi connectivity index (χ0v) is 13.0. The Morgan fingerprint density at radius 3 is 2.54 bits per heavy atom. The number of halogens is 3. The van der Waals surface area contributed by atoms with E-state index in [1.54, 1.807) is 13.0 Å². The summed E-state index contributed by atoms with van der Waals surface area (Å²) in [6.07, 6.45) is -3.43. The lowest BCUT2D eigenvalue weighted by atomic mass is 10.3. The van der Waals surface area contributed by atoms with Gasteiger partial charge < -0.3 is 15.0 Å². The fourth-order valence-corrected chi connectivity index (χ4v) is 2.35. The molecule has 24 heavy (non-hydrogen) atoms. The second kappa shape index (κ2) is 6.60. The van der Waals surface area contributed by atoms with E-state index in [4.69, 9.17) is 4.74 Å². The molecule has 1 saturated heterocycles. The number of ether oxygens (including phenoxy) is 1. The molecule has 9 heteroatoms. The van der Waals surface area contributed by atoms with Gasteiger partial charge in [0.25, 0.3) is 0 Å². The summed E-state index contributed by atoms with van der Waals surface area (Å²) in [7, 11) is 0. The number of rotatable bonds is 3. The van der Waals surface area contributed by atoms with Crippen LogP contribution >= 0.6 is 0 Å². The fraction of sp³-hybridized carbons (Fsp3) is 0.400. The molecular weight excluding hydrogens is 323 g/mol. The second-order valence-electron chi connectivity index (χ2n) is 5.29. The topological polar surface area (TPSA) is 63.2 Å². The molecule has 0 atom stereocenters. The first-order valence-corrected chi connectivity index (χ1v) is 7.41. The molecule has 0 aliphatic carbocycles. The van der Waals surface area contributed by atoms with Crippen molar-refractivity contribution < 1.29 is 17.9 Å². The molecule has 3 rings (SSSR count). The van der Waals surface area contributed by atoms with Crippen molar-refractivity contribution in [2.75, 3.05) is 36.5 Å². The van der Waals surface area contributed by atoms with Crippen LogP contribution in [0.15, 0.2) is 24.4 Å². The molecule has 2 aromatic rings. The normalized spacial score (nSPS) is 15.4. The van der Waals surface area contributed by atoms with E-state index in [-0.39, 0.29) is 5.95 Å². The summed E-state index contributed by atoms with van der Waals surface area (Å²) in [5, 5.41) is 2.79. The van der Waals surface area contributed by atoms with Gasteiger partial charge in [0, 0.05) is 19.3 Å². The molecule has 2 aromatic heterocycles. The predicted molar refractivity (Wildman–Crippen MR) is 82.3 cm³/mol.